The number of nitrogens with one attached hydrogen (secondary N) is 2. The molecular weight excluding hydrogens is 271 g/mol. The number of aryl methyl sites for hydroxylation is 1. The number of benzene rings is 2. The van der Waals surface area contributed by atoms with Gasteiger partial charge in [-0.1, -0.05) is 18.2 Å². The highest BCUT2D eigenvalue weighted by Gasteiger charge is 2.05. The number of aliphatic hydroxyl groups is 1. The Labute approximate surface area is 122 Å². The minimum absolute atomic E-state index is 0.0512. The summed E-state index contributed by atoms with van der Waals surface area (Å²) in [5.74, 6) is -0.621. The first kappa shape index (κ1) is 15.0. The second-order valence-electron chi connectivity index (χ2n) is 4.72. The van der Waals surface area contributed by atoms with E-state index in [4.69, 9.17) is 5.11 Å². The zero-order valence-electron chi connectivity index (χ0n) is 11.7. The largest absolute Gasteiger partial charge is 0.392 e. The van der Waals surface area contributed by atoms with Gasteiger partial charge in [0.1, 0.15) is 5.82 Å². The first-order valence-electron chi connectivity index (χ1n) is 6.58. The van der Waals surface area contributed by atoms with Gasteiger partial charge in [-0.2, -0.15) is 0 Å². The van der Waals surface area contributed by atoms with E-state index in [1.807, 2.05) is 0 Å². The van der Waals surface area contributed by atoms with E-state index in [2.05, 4.69) is 10.6 Å². The molecule has 5 heteroatoms. The molecule has 2 aromatic rings. The Morgan fingerprint density at radius 3 is 2.71 bits per heavy atom. The van der Waals surface area contributed by atoms with E-state index in [1.165, 1.54) is 6.07 Å². The zero-order valence-corrected chi connectivity index (χ0v) is 11.7. The van der Waals surface area contributed by atoms with Crippen molar-refractivity contribution >= 4 is 17.3 Å². The van der Waals surface area contributed by atoms with Crippen LogP contribution in [0.15, 0.2) is 42.5 Å². The molecule has 0 aromatic heterocycles. The number of hydrogen-bond donors (Lipinski definition) is 3. The summed E-state index contributed by atoms with van der Waals surface area (Å²) in [4.78, 5) is 11.8. The highest BCUT2D eigenvalue weighted by molar-refractivity contribution is 5.93. The van der Waals surface area contributed by atoms with Crippen LogP contribution in [0.1, 0.15) is 11.1 Å². The number of carbonyl (C=O) groups excluding carboxylic acids is 1. The Morgan fingerprint density at radius 1 is 1.19 bits per heavy atom. The number of halogens is 1. The van der Waals surface area contributed by atoms with Crippen molar-refractivity contribution < 1.29 is 14.3 Å². The Bertz CT molecular complexity index is 644. The first-order chi connectivity index (χ1) is 10.1. The Hall–Kier alpha value is -2.40. The molecule has 0 aliphatic rings. The van der Waals surface area contributed by atoms with Crippen LogP contribution >= 0.6 is 0 Å². The van der Waals surface area contributed by atoms with Gasteiger partial charge in [0, 0.05) is 11.4 Å². The van der Waals surface area contributed by atoms with E-state index in [9.17, 15) is 9.18 Å². The summed E-state index contributed by atoms with van der Waals surface area (Å²) < 4.78 is 13.4. The maximum atomic E-state index is 13.4. The van der Waals surface area contributed by atoms with Gasteiger partial charge < -0.3 is 15.7 Å². The summed E-state index contributed by atoms with van der Waals surface area (Å²) in [7, 11) is 0. The van der Waals surface area contributed by atoms with E-state index < -0.39 is 0 Å². The maximum absolute atomic E-state index is 13.4. The molecule has 0 saturated heterocycles. The van der Waals surface area contributed by atoms with E-state index >= 15 is 0 Å². The van der Waals surface area contributed by atoms with Crippen molar-refractivity contribution in [2.45, 2.75) is 13.5 Å². The molecule has 0 bridgehead atoms. The van der Waals surface area contributed by atoms with Crippen LogP contribution in [-0.4, -0.2) is 17.6 Å². The average Bonchev–Trinajstić information content (AvgIpc) is 2.49. The minimum atomic E-state index is -0.351. The molecule has 2 rings (SSSR count). The van der Waals surface area contributed by atoms with E-state index in [0.717, 1.165) is 11.3 Å². The molecule has 0 aliphatic heterocycles. The smallest absolute Gasteiger partial charge is 0.243 e. The Kier molecular flexibility index (Phi) is 4.90. The molecule has 21 heavy (non-hydrogen) atoms. The van der Waals surface area contributed by atoms with Gasteiger partial charge in [-0.25, -0.2) is 4.39 Å². The molecule has 0 spiro atoms. The van der Waals surface area contributed by atoms with E-state index in [0.29, 0.717) is 11.3 Å². The van der Waals surface area contributed by atoms with Crippen LogP contribution in [0.3, 0.4) is 0 Å². The zero-order chi connectivity index (χ0) is 15.2. The molecule has 3 N–H and O–H groups in total. The van der Waals surface area contributed by atoms with Crippen LogP contribution in [0.5, 0.6) is 0 Å². The number of aliphatic hydroxyl groups excluding tert-OH is 1. The van der Waals surface area contributed by atoms with Gasteiger partial charge in [0.2, 0.25) is 5.91 Å². The minimum Gasteiger partial charge on any atom is -0.392 e. The third-order valence-corrected chi connectivity index (χ3v) is 3.02. The Balaban J connectivity index is 1.91. The standard InChI is InChI=1S/C16H17FN2O2/c1-11-5-6-14(8-15(11)17)19-16(21)9-18-13-4-2-3-12(7-13)10-20/h2-8,18,20H,9-10H2,1H3,(H,19,21). The number of hydrogen-bond acceptors (Lipinski definition) is 3. The van der Waals surface area contributed by atoms with Crippen molar-refractivity contribution in [1.29, 1.82) is 0 Å². The van der Waals surface area contributed by atoms with Crippen molar-refractivity contribution in [2.24, 2.45) is 0 Å². The topological polar surface area (TPSA) is 61.4 Å². The van der Waals surface area contributed by atoms with E-state index in [1.54, 1.807) is 43.3 Å². The summed E-state index contributed by atoms with van der Waals surface area (Å²) in [6, 6.07) is 11.7. The van der Waals surface area contributed by atoms with Crippen molar-refractivity contribution in [2.75, 3.05) is 17.2 Å². The maximum Gasteiger partial charge on any atom is 0.243 e. The first-order valence-corrected chi connectivity index (χ1v) is 6.58. The highest BCUT2D eigenvalue weighted by Crippen LogP contribution is 2.14. The molecule has 0 unspecified atom stereocenters. The van der Waals surface area contributed by atoms with Crippen molar-refractivity contribution in [3.63, 3.8) is 0 Å². The van der Waals surface area contributed by atoms with Gasteiger partial charge in [-0.05, 0) is 42.3 Å². The summed E-state index contributed by atoms with van der Waals surface area (Å²) >= 11 is 0. The highest BCUT2D eigenvalue weighted by atomic mass is 19.1. The molecule has 0 fully saturated rings. The predicted molar refractivity (Wildman–Crippen MR) is 80.6 cm³/mol. The van der Waals surface area contributed by atoms with Crippen molar-refractivity contribution in [3.8, 4) is 0 Å². The fourth-order valence-electron chi connectivity index (χ4n) is 1.84. The second-order valence-corrected chi connectivity index (χ2v) is 4.72. The van der Waals surface area contributed by atoms with Crippen LogP contribution < -0.4 is 10.6 Å². The molecular formula is C16H17FN2O2. The molecule has 1 amide bonds. The SMILES string of the molecule is Cc1ccc(NC(=O)CNc2cccc(CO)c2)cc1F. The van der Waals surface area contributed by atoms with Crippen LogP contribution in [0.2, 0.25) is 0 Å². The Morgan fingerprint density at radius 2 is 2.00 bits per heavy atom. The third kappa shape index (κ3) is 4.29. The van der Waals surface area contributed by atoms with Crippen LogP contribution in [-0.2, 0) is 11.4 Å². The summed E-state index contributed by atoms with van der Waals surface area (Å²) in [6.07, 6.45) is 0. The van der Waals surface area contributed by atoms with Gasteiger partial charge in [0.15, 0.2) is 0 Å². The molecule has 4 nitrogen and oxygen atoms in total. The van der Waals surface area contributed by atoms with Crippen LogP contribution in [0.4, 0.5) is 15.8 Å². The molecule has 110 valence electrons. The average molecular weight is 288 g/mol. The summed E-state index contributed by atoms with van der Waals surface area (Å²) in [6.45, 7) is 1.67. The number of rotatable bonds is 5. The van der Waals surface area contributed by atoms with Crippen molar-refractivity contribution in [1.82, 2.24) is 0 Å². The molecule has 0 heterocycles. The van der Waals surface area contributed by atoms with Gasteiger partial charge >= 0.3 is 0 Å². The lowest BCUT2D eigenvalue weighted by atomic mass is 10.2. The lowest BCUT2D eigenvalue weighted by Crippen LogP contribution is -2.21. The van der Waals surface area contributed by atoms with E-state index in [-0.39, 0.29) is 24.9 Å². The lowest BCUT2D eigenvalue weighted by Gasteiger charge is -2.09. The quantitative estimate of drug-likeness (QED) is 0.792. The van der Waals surface area contributed by atoms with Crippen LogP contribution in [0.25, 0.3) is 0 Å². The van der Waals surface area contributed by atoms with Gasteiger partial charge in [-0.15, -0.1) is 0 Å². The summed E-state index contributed by atoms with van der Waals surface area (Å²) in [5, 5.41) is 14.6. The third-order valence-electron chi connectivity index (χ3n) is 3.02. The molecule has 2 aromatic carbocycles. The van der Waals surface area contributed by atoms with Crippen molar-refractivity contribution in [3.05, 3.63) is 59.4 Å². The fraction of sp³-hybridized carbons (Fsp3) is 0.188. The molecule has 0 saturated carbocycles. The number of anilines is 2. The molecule has 0 radical (unpaired) electrons. The number of carbonyl (C=O) groups is 1. The molecule has 0 aliphatic carbocycles. The monoisotopic (exact) mass is 288 g/mol. The fourth-order valence-corrected chi connectivity index (χ4v) is 1.84. The second kappa shape index (κ2) is 6.85. The molecule has 0 atom stereocenters. The lowest BCUT2D eigenvalue weighted by molar-refractivity contribution is -0.114. The van der Waals surface area contributed by atoms with Gasteiger partial charge in [0.25, 0.3) is 0 Å². The normalized spacial score (nSPS) is 10.2. The number of amides is 1. The predicted octanol–water partition coefficient (Wildman–Crippen LogP) is 2.68. The van der Waals surface area contributed by atoms with Crippen LogP contribution in [0, 0.1) is 12.7 Å². The van der Waals surface area contributed by atoms with Gasteiger partial charge in [0.05, 0.1) is 13.2 Å². The van der Waals surface area contributed by atoms with Gasteiger partial charge in [-0.3, -0.25) is 4.79 Å². The summed E-state index contributed by atoms with van der Waals surface area (Å²) in [5.41, 5.74) is 2.47.